The van der Waals surface area contributed by atoms with E-state index in [0.717, 1.165) is 6.42 Å². The average Bonchev–Trinajstić information content (AvgIpc) is 2.84. The Bertz CT molecular complexity index is 529. The molecule has 0 saturated heterocycles. The normalized spacial score (nSPS) is 9.82. The highest BCUT2D eigenvalue weighted by Crippen LogP contribution is 2.24. The summed E-state index contributed by atoms with van der Waals surface area (Å²) in [4.78, 5) is 1.28. The van der Waals surface area contributed by atoms with E-state index in [0.29, 0.717) is 23.6 Å². The molecule has 0 unspecified atom stereocenters. The smallest absolute Gasteiger partial charge is 0.143 e. The van der Waals surface area contributed by atoms with Crippen molar-refractivity contribution in [3.05, 3.63) is 46.2 Å². The van der Waals surface area contributed by atoms with Gasteiger partial charge in [-0.2, -0.15) is 5.26 Å². The molecule has 2 N–H and O–H groups in total. The Morgan fingerprint density at radius 2 is 2.18 bits per heavy atom. The topological polar surface area (TPSA) is 59.0 Å². The maximum absolute atomic E-state index is 8.83. The van der Waals surface area contributed by atoms with Crippen LogP contribution in [-0.2, 0) is 6.42 Å². The van der Waals surface area contributed by atoms with Gasteiger partial charge in [-0.05, 0) is 23.6 Å². The SMILES string of the molecule is N#Cc1cccc(OCCc2cccs2)c1N. The van der Waals surface area contributed by atoms with Gasteiger partial charge in [0, 0.05) is 11.3 Å². The first-order valence-electron chi connectivity index (χ1n) is 5.25. The van der Waals surface area contributed by atoms with Crippen LogP contribution in [0, 0.1) is 11.3 Å². The molecule has 2 aromatic rings. The van der Waals surface area contributed by atoms with E-state index in [-0.39, 0.29) is 0 Å². The summed E-state index contributed by atoms with van der Waals surface area (Å²) in [5.41, 5.74) is 6.68. The van der Waals surface area contributed by atoms with Crippen LogP contribution in [0.15, 0.2) is 35.7 Å². The molecule has 0 aliphatic heterocycles. The van der Waals surface area contributed by atoms with Gasteiger partial charge in [0.25, 0.3) is 0 Å². The third-order valence-electron chi connectivity index (χ3n) is 2.37. The number of anilines is 1. The quantitative estimate of drug-likeness (QED) is 0.841. The monoisotopic (exact) mass is 244 g/mol. The number of nitrogen functional groups attached to an aromatic ring is 1. The van der Waals surface area contributed by atoms with Gasteiger partial charge in [0.05, 0.1) is 17.9 Å². The summed E-state index contributed by atoms with van der Waals surface area (Å²) in [6.45, 7) is 0.569. The van der Waals surface area contributed by atoms with Gasteiger partial charge in [-0.25, -0.2) is 0 Å². The fourth-order valence-electron chi connectivity index (χ4n) is 1.48. The lowest BCUT2D eigenvalue weighted by Crippen LogP contribution is -2.03. The van der Waals surface area contributed by atoms with E-state index in [1.807, 2.05) is 17.5 Å². The van der Waals surface area contributed by atoms with E-state index >= 15 is 0 Å². The largest absolute Gasteiger partial charge is 0.491 e. The molecular formula is C13H12N2OS. The third-order valence-corrected chi connectivity index (χ3v) is 3.31. The summed E-state index contributed by atoms with van der Waals surface area (Å²) in [5, 5.41) is 10.9. The van der Waals surface area contributed by atoms with Gasteiger partial charge in [0.1, 0.15) is 11.8 Å². The van der Waals surface area contributed by atoms with Crippen molar-refractivity contribution in [1.82, 2.24) is 0 Å². The lowest BCUT2D eigenvalue weighted by molar-refractivity contribution is 0.324. The van der Waals surface area contributed by atoms with Crippen LogP contribution in [0.4, 0.5) is 5.69 Å². The van der Waals surface area contributed by atoms with Crippen LogP contribution in [0.3, 0.4) is 0 Å². The average molecular weight is 244 g/mol. The predicted octanol–water partition coefficient (Wildman–Crippen LogP) is 2.82. The van der Waals surface area contributed by atoms with E-state index < -0.39 is 0 Å². The van der Waals surface area contributed by atoms with Crippen LogP contribution < -0.4 is 10.5 Å². The zero-order valence-electron chi connectivity index (χ0n) is 9.22. The first kappa shape index (κ1) is 11.5. The van der Waals surface area contributed by atoms with Crippen molar-refractivity contribution in [3.63, 3.8) is 0 Å². The molecule has 0 atom stereocenters. The fraction of sp³-hybridized carbons (Fsp3) is 0.154. The molecule has 1 heterocycles. The van der Waals surface area contributed by atoms with Crippen molar-refractivity contribution < 1.29 is 4.74 Å². The predicted molar refractivity (Wildman–Crippen MR) is 69.1 cm³/mol. The highest BCUT2D eigenvalue weighted by atomic mass is 32.1. The molecule has 0 saturated carbocycles. The van der Waals surface area contributed by atoms with Crippen molar-refractivity contribution in [2.24, 2.45) is 0 Å². The zero-order valence-corrected chi connectivity index (χ0v) is 10.0. The van der Waals surface area contributed by atoms with Crippen LogP contribution in [0.25, 0.3) is 0 Å². The van der Waals surface area contributed by atoms with Gasteiger partial charge < -0.3 is 10.5 Å². The standard InChI is InChI=1S/C13H12N2OS/c14-9-10-3-1-5-12(13(10)15)16-7-6-11-4-2-8-17-11/h1-5,8H,6-7,15H2. The van der Waals surface area contributed by atoms with Crippen molar-refractivity contribution in [3.8, 4) is 11.8 Å². The Kier molecular flexibility index (Phi) is 3.63. The van der Waals surface area contributed by atoms with E-state index in [9.17, 15) is 0 Å². The molecule has 0 radical (unpaired) electrons. The van der Waals surface area contributed by atoms with Crippen molar-refractivity contribution in [2.45, 2.75) is 6.42 Å². The number of thiophene rings is 1. The Morgan fingerprint density at radius 1 is 1.29 bits per heavy atom. The number of nitrogens with two attached hydrogens (primary N) is 1. The first-order chi connectivity index (χ1) is 8.31. The molecule has 0 bridgehead atoms. The second-order valence-electron chi connectivity index (χ2n) is 3.51. The summed E-state index contributed by atoms with van der Waals surface area (Å²) in [7, 11) is 0. The van der Waals surface area contributed by atoms with E-state index in [2.05, 4.69) is 6.07 Å². The minimum Gasteiger partial charge on any atom is -0.491 e. The molecule has 0 aliphatic carbocycles. The minimum absolute atomic E-state index is 0.418. The number of nitrogens with zero attached hydrogens (tertiary/aromatic N) is 1. The zero-order chi connectivity index (χ0) is 12.1. The molecule has 17 heavy (non-hydrogen) atoms. The van der Waals surface area contributed by atoms with Gasteiger partial charge in [-0.1, -0.05) is 12.1 Å². The summed E-state index contributed by atoms with van der Waals surface area (Å²) >= 11 is 1.71. The lowest BCUT2D eigenvalue weighted by Gasteiger charge is -2.08. The second kappa shape index (κ2) is 5.37. The number of rotatable bonds is 4. The molecule has 4 heteroatoms. The van der Waals surface area contributed by atoms with Gasteiger partial charge in [-0.15, -0.1) is 11.3 Å². The van der Waals surface area contributed by atoms with Crippen molar-refractivity contribution in [1.29, 1.82) is 5.26 Å². The van der Waals surface area contributed by atoms with Gasteiger partial charge in [-0.3, -0.25) is 0 Å². The Hall–Kier alpha value is -1.99. The van der Waals surface area contributed by atoms with E-state index in [1.54, 1.807) is 29.5 Å². The molecule has 0 amide bonds. The molecule has 0 aliphatic rings. The number of ether oxygens (including phenoxy) is 1. The second-order valence-corrected chi connectivity index (χ2v) is 4.54. The number of benzene rings is 1. The summed E-state index contributed by atoms with van der Waals surface area (Å²) < 4.78 is 5.58. The third kappa shape index (κ3) is 2.77. The molecule has 0 fully saturated rings. The number of nitriles is 1. The molecule has 0 spiro atoms. The Balaban J connectivity index is 1.98. The van der Waals surface area contributed by atoms with E-state index in [1.165, 1.54) is 4.88 Å². The van der Waals surface area contributed by atoms with Crippen molar-refractivity contribution >= 4 is 17.0 Å². The van der Waals surface area contributed by atoms with Gasteiger partial charge >= 0.3 is 0 Å². The molecule has 1 aromatic carbocycles. The summed E-state index contributed by atoms with van der Waals surface area (Å²) in [6, 6.07) is 11.4. The first-order valence-corrected chi connectivity index (χ1v) is 6.13. The van der Waals surface area contributed by atoms with Crippen LogP contribution in [0.5, 0.6) is 5.75 Å². The number of para-hydroxylation sites is 1. The Labute approximate surface area is 104 Å². The van der Waals surface area contributed by atoms with E-state index in [4.69, 9.17) is 15.7 Å². The maximum Gasteiger partial charge on any atom is 0.143 e. The fourth-order valence-corrected chi connectivity index (χ4v) is 2.17. The van der Waals surface area contributed by atoms with Crippen LogP contribution in [-0.4, -0.2) is 6.61 Å². The van der Waals surface area contributed by atoms with Crippen LogP contribution in [0.1, 0.15) is 10.4 Å². The molecule has 86 valence electrons. The summed E-state index contributed by atoms with van der Waals surface area (Å²) in [5.74, 6) is 0.584. The lowest BCUT2D eigenvalue weighted by atomic mass is 10.2. The highest BCUT2D eigenvalue weighted by Gasteiger charge is 2.05. The molecule has 2 rings (SSSR count). The number of hydrogen-bond acceptors (Lipinski definition) is 4. The maximum atomic E-state index is 8.83. The summed E-state index contributed by atoms with van der Waals surface area (Å²) in [6.07, 6.45) is 0.855. The van der Waals surface area contributed by atoms with Crippen LogP contribution >= 0.6 is 11.3 Å². The minimum atomic E-state index is 0.418. The highest BCUT2D eigenvalue weighted by molar-refractivity contribution is 7.09. The number of hydrogen-bond donors (Lipinski definition) is 1. The van der Waals surface area contributed by atoms with Gasteiger partial charge in [0.15, 0.2) is 0 Å². The molecule has 1 aromatic heterocycles. The van der Waals surface area contributed by atoms with Gasteiger partial charge in [0.2, 0.25) is 0 Å². The molecule has 3 nitrogen and oxygen atoms in total. The Morgan fingerprint density at radius 3 is 2.88 bits per heavy atom. The van der Waals surface area contributed by atoms with Crippen molar-refractivity contribution in [2.75, 3.05) is 12.3 Å². The molecular weight excluding hydrogens is 232 g/mol. The van der Waals surface area contributed by atoms with Crippen LogP contribution in [0.2, 0.25) is 0 Å².